The van der Waals surface area contributed by atoms with E-state index in [1.807, 2.05) is 4.90 Å². The highest BCUT2D eigenvalue weighted by Crippen LogP contribution is 2.26. The van der Waals surface area contributed by atoms with Gasteiger partial charge in [0.05, 0.1) is 5.92 Å². The molecule has 6 heteroatoms. The maximum absolute atomic E-state index is 12.8. The predicted octanol–water partition coefficient (Wildman–Crippen LogP) is 2.02. The number of nitrogens with zero attached hydrogens (tertiary/aromatic N) is 4. The van der Waals surface area contributed by atoms with Crippen LogP contribution in [0.15, 0.2) is 24.5 Å². The van der Waals surface area contributed by atoms with Gasteiger partial charge in [0, 0.05) is 56.7 Å². The van der Waals surface area contributed by atoms with Crippen molar-refractivity contribution in [2.45, 2.75) is 44.6 Å². The number of carbonyl (C=O) groups is 2. The minimum atomic E-state index is 0.108. The standard InChI is InChI=1S/C21H30N4O2/c26-20(17-5-9-22-10-6-17)24-14-7-19(8-15-24)25-13-3-4-18(16-25)21(27)23-11-1-2-12-23/h5-6,9-10,18-19H,1-4,7-8,11-16H2/t18-/m0/s1. The van der Waals surface area contributed by atoms with Gasteiger partial charge >= 0.3 is 0 Å². The van der Waals surface area contributed by atoms with Gasteiger partial charge in [0.15, 0.2) is 0 Å². The summed E-state index contributed by atoms with van der Waals surface area (Å²) in [5, 5.41) is 0. The minimum absolute atomic E-state index is 0.108. The van der Waals surface area contributed by atoms with Gasteiger partial charge in [0.2, 0.25) is 5.91 Å². The highest BCUT2D eigenvalue weighted by molar-refractivity contribution is 5.94. The SMILES string of the molecule is O=C(c1ccncc1)N1CCC(N2CCC[C@H](C(=O)N3CCCC3)C2)CC1. The van der Waals surface area contributed by atoms with Crippen LogP contribution >= 0.6 is 0 Å². The molecule has 0 aliphatic carbocycles. The van der Waals surface area contributed by atoms with E-state index in [-0.39, 0.29) is 11.8 Å². The Morgan fingerprint density at radius 2 is 1.56 bits per heavy atom. The largest absolute Gasteiger partial charge is 0.342 e. The van der Waals surface area contributed by atoms with Crippen LogP contribution in [0.4, 0.5) is 0 Å². The van der Waals surface area contributed by atoms with Crippen molar-refractivity contribution in [2.24, 2.45) is 5.92 Å². The first-order chi connectivity index (χ1) is 13.2. The maximum Gasteiger partial charge on any atom is 0.253 e. The highest BCUT2D eigenvalue weighted by atomic mass is 16.2. The van der Waals surface area contributed by atoms with Crippen molar-refractivity contribution in [3.8, 4) is 0 Å². The Balaban J connectivity index is 1.30. The van der Waals surface area contributed by atoms with Crippen molar-refractivity contribution < 1.29 is 9.59 Å². The van der Waals surface area contributed by atoms with E-state index < -0.39 is 0 Å². The van der Waals surface area contributed by atoms with Crippen molar-refractivity contribution in [3.05, 3.63) is 30.1 Å². The quantitative estimate of drug-likeness (QED) is 0.817. The maximum atomic E-state index is 12.8. The number of likely N-dealkylation sites (tertiary alicyclic amines) is 3. The summed E-state index contributed by atoms with van der Waals surface area (Å²) in [5.74, 6) is 0.660. The molecule has 0 radical (unpaired) electrons. The summed E-state index contributed by atoms with van der Waals surface area (Å²) in [4.78, 5) is 35.9. The van der Waals surface area contributed by atoms with Crippen LogP contribution in [0.25, 0.3) is 0 Å². The number of pyridine rings is 1. The van der Waals surface area contributed by atoms with Crippen LogP contribution in [0.5, 0.6) is 0 Å². The van der Waals surface area contributed by atoms with Gasteiger partial charge in [-0.1, -0.05) is 0 Å². The first-order valence-corrected chi connectivity index (χ1v) is 10.4. The molecule has 146 valence electrons. The molecule has 0 unspecified atom stereocenters. The molecule has 4 rings (SSSR count). The summed E-state index contributed by atoms with van der Waals surface area (Å²) in [6.07, 6.45) is 9.81. The second-order valence-electron chi connectivity index (χ2n) is 8.13. The Hall–Kier alpha value is -1.95. The van der Waals surface area contributed by atoms with Crippen molar-refractivity contribution in [1.29, 1.82) is 0 Å². The van der Waals surface area contributed by atoms with Crippen molar-refractivity contribution in [2.75, 3.05) is 39.3 Å². The molecule has 1 aromatic rings. The predicted molar refractivity (Wildman–Crippen MR) is 103 cm³/mol. The Kier molecular flexibility index (Phi) is 5.72. The monoisotopic (exact) mass is 370 g/mol. The van der Waals surface area contributed by atoms with Crippen molar-refractivity contribution >= 4 is 11.8 Å². The zero-order chi connectivity index (χ0) is 18.6. The summed E-state index contributed by atoms with van der Waals surface area (Å²) in [5.41, 5.74) is 0.720. The molecule has 3 fully saturated rings. The number of piperidine rings is 2. The molecule has 1 aromatic heterocycles. The summed E-state index contributed by atoms with van der Waals surface area (Å²) in [6.45, 7) is 5.49. The fourth-order valence-corrected chi connectivity index (χ4v) is 4.85. The second-order valence-corrected chi connectivity index (χ2v) is 8.13. The van der Waals surface area contributed by atoms with E-state index in [0.717, 1.165) is 83.4 Å². The summed E-state index contributed by atoms with van der Waals surface area (Å²) >= 11 is 0. The molecule has 4 heterocycles. The van der Waals surface area contributed by atoms with Crippen LogP contribution in [-0.2, 0) is 4.79 Å². The Morgan fingerprint density at radius 3 is 2.26 bits per heavy atom. The van der Waals surface area contributed by atoms with E-state index in [0.29, 0.717) is 11.9 Å². The van der Waals surface area contributed by atoms with Crippen molar-refractivity contribution in [3.63, 3.8) is 0 Å². The van der Waals surface area contributed by atoms with Crippen LogP contribution in [0, 0.1) is 5.92 Å². The van der Waals surface area contributed by atoms with Gasteiger partial charge in [-0.15, -0.1) is 0 Å². The fraction of sp³-hybridized carbons (Fsp3) is 0.667. The average Bonchev–Trinajstić information content (AvgIpc) is 3.28. The van der Waals surface area contributed by atoms with Gasteiger partial charge in [-0.2, -0.15) is 0 Å². The lowest BCUT2D eigenvalue weighted by Crippen LogP contribution is -2.51. The minimum Gasteiger partial charge on any atom is -0.342 e. The molecule has 3 aliphatic heterocycles. The van der Waals surface area contributed by atoms with E-state index in [1.165, 1.54) is 0 Å². The van der Waals surface area contributed by atoms with E-state index >= 15 is 0 Å². The molecule has 0 spiro atoms. The molecule has 3 saturated heterocycles. The van der Waals surface area contributed by atoms with Crippen LogP contribution in [0.3, 0.4) is 0 Å². The molecule has 0 saturated carbocycles. The third-order valence-electron chi connectivity index (χ3n) is 6.42. The molecule has 0 N–H and O–H groups in total. The van der Waals surface area contributed by atoms with Crippen LogP contribution < -0.4 is 0 Å². The average molecular weight is 370 g/mol. The summed E-state index contributed by atoms with van der Waals surface area (Å²) in [7, 11) is 0. The van der Waals surface area contributed by atoms with Crippen molar-refractivity contribution in [1.82, 2.24) is 19.7 Å². The molecular formula is C21H30N4O2. The topological polar surface area (TPSA) is 56.8 Å². The molecule has 0 bridgehead atoms. The highest BCUT2D eigenvalue weighted by Gasteiger charge is 2.34. The van der Waals surface area contributed by atoms with Gasteiger partial charge in [-0.05, 0) is 57.2 Å². The van der Waals surface area contributed by atoms with E-state index in [1.54, 1.807) is 24.5 Å². The lowest BCUT2D eigenvalue weighted by atomic mass is 9.92. The molecule has 0 aromatic carbocycles. The van der Waals surface area contributed by atoms with E-state index in [4.69, 9.17) is 0 Å². The third-order valence-corrected chi connectivity index (χ3v) is 6.42. The third kappa shape index (κ3) is 4.15. The number of hydrogen-bond acceptors (Lipinski definition) is 4. The number of amides is 2. The number of hydrogen-bond donors (Lipinski definition) is 0. The van der Waals surface area contributed by atoms with Gasteiger partial charge in [0.1, 0.15) is 0 Å². The second kappa shape index (κ2) is 8.38. The van der Waals surface area contributed by atoms with E-state index in [2.05, 4.69) is 14.8 Å². The molecular weight excluding hydrogens is 340 g/mol. The Labute approximate surface area is 161 Å². The van der Waals surface area contributed by atoms with Crippen LogP contribution in [0.1, 0.15) is 48.9 Å². The smallest absolute Gasteiger partial charge is 0.253 e. The molecule has 3 aliphatic rings. The van der Waals surface area contributed by atoms with Gasteiger partial charge < -0.3 is 9.80 Å². The normalized spacial score (nSPS) is 25.0. The molecule has 2 amide bonds. The van der Waals surface area contributed by atoms with Gasteiger partial charge in [-0.25, -0.2) is 0 Å². The zero-order valence-corrected chi connectivity index (χ0v) is 16.1. The molecule has 27 heavy (non-hydrogen) atoms. The Bertz CT molecular complexity index is 651. The molecule has 6 nitrogen and oxygen atoms in total. The van der Waals surface area contributed by atoms with E-state index in [9.17, 15) is 9.59 Å². The first-order valence-electron chi connectivity index (χ1n) is 10.4. The number of rotatable bonds is 3. The zero-order valence-electron chi connectivity index (χ0n) is 16.1. The number of aromatic nitrogens is 1. The molecule has 1 atom stereocenters. The lowest BCUT2D eigenvalue weighted by Gasteiger charge is -2.42. The first kappa shape index (κ1) is 18.4. The Morgan fingerprint density at radius 1 is 0.852 bits per heavy atom. The van der Waals surface area contributed by atoms with Crippen LogP contribution in [0.2, 0.25) is 0 Å². The van der Waals surface area contributed by atoms with Gasteiger partial charge in [0.25, 0.3) is 5.91 Å². The fourth-order valence-electron chi connectivity index (χ4n) is 4.85. The summed E-state index contributed by atoms with van der Waals surface area (Å²) < 4.78 is 0. The van der Waals surface area contributed by atoms with Crippen LogP contribution in [-0.4, -0.2) is 76.8 Å². The number of carbonyl (C=O) groups excluding carboxylic acids is 2. The summed E-state index contributed by atoms with van der Waals surface area (Å²) in [6, 6.07) is 4.07. The lowest BCUT2D eigenvalue weighted by molar-refractivity contribution is -0.136. The van der Waals surface area contributed by atoms with Gasteiger partial charge in [-0.3, -0.25) is 19.5 Å².